The molecule has 1 N–H and O–H groups in total. The Kier molecular flexibility index (Phi) is 9.31. The van der Waals surface area contributed by atoms with E-state index in [-0.39, 0.29) is 49.2 Å². The average Bonchev–Trinajstić information content (AvgIpc) is 2.47. The number of rotatable bonds is 4. The quantitative estimate of drug-likeness (QED) is 0.733. The third-order valence-electron chi connectivity index (χ3n) is 3.56. The van der Waals surface area contributed by atoms with Crippen molar-refractivity contribution in [3.63, 3.8) is 0 Å². The van der Waals surface area contributed by atoms with Gasteiger partial charge in [0.2, 0.25) is 0 Å². The highest BCUT2D eigenvalue weighted by Crippen LogP contribution is 2.43. The standard InChI is InChI=1S/C14H16F6N2O2.2ClH/c1-23-11-8-9(24-14(18,19)20)2-3-10(11)12(13(15,16)17)22-6-4-21-5-7-22;;/h2-3,8,12,21H,4-7H2,1H3;2*1H/t12-;;/m1../s1. The number of nitrogens with one attached hydrogen (secondary N) is 1. The van der Waals surface area contributed by atoms with Gasteiger partial charge in [-0.25, -0.2) is 0 Å². The number of hydrogen-bond acceptors (Lipinski definition) is 4. The van der Waals surface area contributed by atoms with Gasteiger partial charge in [0.05, 0.1) is 7.11 Å². The molecule has 26 heavy (non-hydrogen) atoms. The molecule has 152 valence electrons. The molecule has 1 heterocycles. The summed E-state index contributed by atoms with van der Waals surface area (Å²) >= 11 is 0. The molecular formula is C14H18Cl2F6N2O2. The molecule has 0 radical (unpaired) electrons. The molecule has 0 saturated carbocycles. The summed E-state index contributed by atoms with van der Waals surface area (Å²) in [6.07, 6.45) is -9.54. The topological polar surface area (TPSA) is 33.7 Å². The largest absolute Gasteiger partial charge is 0.573 e. The van der Waals surface area contributed by atoms with Crippen molar-refractivity contribution in [1.29, 1.82) is 0 Å². The molecule has 1 aromatic rings. The molecule has 12 heteroatoms. The lowest BCUT2D eigenvalue weighted by molar-refractivity contribution is -0.274. The van der Waals surface area contributed by atoms with Gasteiger partial charge in [-0.1, -0.05) is 0 Å². The summed E-state index contributed by atoms with van der Waals surface area (Å²) < 4.78 is 86.0. The van der Waals surface area contributed by atoms with Gasteiger partial charge in [-0.05, 0) is 12.1 Å². The summed E-state index contributed by atoms with van der Waals surface area (Å²) in [5, 5.41) is 2.95. The van der Waals surface area contributed by atoms with Gasteiger partial charge in [0.25, 0.3) is 0 Å². The second-order valence-electron chi connectivity index (χ2n) is 5.18. The van der Waals surface area contributed by atoms with Crippen molar-refractivity contribution in [3.05, 3.63) is 23.8 Å². The van der Waals surface area contributed by atoms with E-state index in [4.69, 9.17) is 4.74 Å². The molecule has 1 fully saturated rings. The highest BCUT2D eigenvalue weighted by atomic mass is 35.5. The summed E-state index contributed by atoms with van der Waals surface area (Å²) in [6, 6.07) is 0.658. The van der Waals surface area contributed by atoms with E-state index in [0.717, 1.165) is 25.3 Å². The molecule has 0 aromatic heterocycles. The van der Waals surface area contributed by atoms with Crippen molar-refractivity contribution in [1.82, 2.24) is 10.2 Å². The zero-order valence-electron chi connectivity index (χ0n) is 13.5. The monoisotopic (exact) mass is 430 g/mol. The second kappa shape index (κ2) is 9.72. The Morgan fingerprint density at radius 2 is 1.62 bits per heavy atom. The molecule has 1 aliphatic heterocycles. The zero-order chi connectivity index (χ0) is 18.0. The molecular weight excluding hydrogens is 413 g/mol. The van der Waals surface area contributed by atoms with E-state index < -0.39 is 24.3 Å². The first-order chi connectivity index (χ1) is 11.1. The first kappa shape index (κ1) is 24.9. The van der Waals surface area contributed by atoms with E-state index in [9.17, 15) is 26.3 Å². The van der Waals surface area contributed by atoms with E-state index in [1.807, 2.05) is 0 Å². The van der Waals surface area contributed by atoms with Crippen LogP contribution in [0.3, 0.4) is 0 Å². The van der Waals surface area contributed by atoms with Crippen LogP contribution >= 0.6 is 24.8 Å². The Labute approximate surface area is 158 Å². The van der Waals surface area contributed by atoms with Gasteiger partial charge < -0.3 is 14.8 Å². The Hall–Kier alpha value is -1.10. The minimum atomic E-state index is -4.94. The fraction of sp³-hybridized carbons (Fsp3) is 0.571. The molecule has 1 saturated heterocycles. The number of nitrogens with zero attached hydrogens (tertiary/aromatic N) is 1. The van der Waals surface area contributed by atoms with Crippen molar-refractivity contribution in [2.24, 2.45) is 0 Å². The van der Waals surface area contributed by atoms with Gasteiger partial charge in [0.1, 0.15) is 17.5 Å². The lowest BCUT2D eigenvalue weighted by Crippen LogP contribution is -2.49. The van der Waals surface area contributed by atoms with Crippen molar-refractivity contribution < 1.29 is 35.8 Å². The van der Waals surface area contributed by atoms with Crippen LogP contribution < -0.4 is 14.8 Å². The summed E-state index contributed by atoms with van der Waals surface area (Å²) in [6.45, 7) is 1.11. The van der Waals surface area contributed by atoms with E-state index >= 15 is 0 Å². The number of methoxy groups -OCH3 is 1. The molecule has 4 nitrogen and oxygen atoms in total. The lowest BCUT2D eigenvalue weighted by atomic mass is 10.0. The number of benzene rings is 1. The maximum absolute atomic E-state index is 13.5. The smallest absolute Gasteiger partial charge is 0.496 e. The van der Waals surface area contributed by atoms with E-state index in [1.54, 1.807) is 0 Å². The lowest BCUT2D eigenvalue weighted by Gasteiger charge is -2.36. The van der Waals surface area contributed by atoms with Crippen LogP contribution in [0.25, 0.3) is 0 Å². The van der Waals surface area contributed by atoms with Crippen LogP contribution in [0.4, 0.5) is 26.3 Å². The maximum atomic E-state index is 13.5. The minimum absolute atomic E-state index is 0. The molecule has 0 aliphatic carbocycles. The number of halogens is 8. The number of alkyl halides is 6. The van der Waals surface area contributed by atoms with Crippen LogP contribution in [0.2, 0.25) is 0 Å². The average molecular weight is 431 g/mol. The fourth-order valence-electron chi connectivity index (χ4n) is 2.63. The summed E-state index contributed by atoms with van der Waals surface area (Å²) in [5.41, 5.74) is -0.249. The predicted molar refractivity (Wildman–Crippen MR) is 87.4 cm³/mol. The first-order valence-corrected chi connectivity index (χ1v) is 7.07. The second-order valence-corrected chi connectivity index (χ2v) is 5.18. The van der Waals surface area contributed by atoms with Crippen LogP contribution in [-0.2, 0) is 0 Å². The fourth-order valence-corrected chi connectivity index (χ4v) is 2.63. The van der Waals surface area contributed by atoms with Crippen molar-refractivity contribution in [2.45, 2.75) is 18.6 Å². The van der Waals surface area contributed by atoms with Gasteiger partial charge in [-0.15, -0.1) is 38.0 Å². The molecule has 1 aliphatic rings. The first-order valence-electron chi connectivity index (χ1n) is 7.07. The van der Waals surface area contributed by atoms with Crippen LogP contribution in [0, 0.1) is 0 Å². The predicted octanol–water partition coefficient (Wildman–Crippen LogP) is 3.95. The molecule has 0 unspecified atom stereocenters. The maximum Gasteiger partial charge on any atom is 0.573 e. The van der Waals surface area contributed by atoms with Gasteiger partial charge >= 0.3 is 12.5 Å². The molecule has 0 amide bonds. The van der Waals surface area contributed by atoms with Crippen LogP contribution in [0.5, 0.6) is 11.5 Å². The van der Waals surface area contributed by atoms with Crippen LogP contribution in [-0.4, -0.2) is 50.7 Å². The number of piperazine rings is 1. The highest BCUT2D eigenvalue weighted by Gasteiger charge is 2.46. The molecule has 0 bridgehead atoms. The normalized spacial score (nSPS) is 16.9. The summed E-state index contributed by atoms with van der Waals surface area (Å²) in [5.74, 6) is -0.943. The Morgan fingerprint density at radius 3 is 2.08 bits per heavy atom. The van der Waals surface area contributed by atoms with E-state index in [2.05, 4.69) is 10.1 Å². The van der Waals surface area contributed by atoms with Crippen molar-refractivity contribution in [2.75, 3.05) is 33.3 Å². The SMILES string of the molecule is COc1cc(OC(F)(F)F)ccc1[C@@H](N1CCNCC1)C(F)(F)F.Cl.Cl. The Balaban J connectivity index is 0.00000312. The third-order valence-corrected chi connectivity index (χ3v) is 3.56. The van der Waals surface area contributed by atoms with Gasteiger partial charge in [-0.2, -0.15) is 13.2 Å². The van der Waals surface area contributed by atoms with Crippen molar-refractivity contribution in [3.8, 4) is 11.5 Å². The van der Waals surface area contributed by atoms with Crippen LogP contribution in [0.1, 0.15) is 11.6 Å². The number of ether oxygens (including phenoxy) is 2. The number of hydrogen-bond donors (Lipinski definition) is 1. The van der Waals surface area contributed by atoms with Gasteiger partial charge in [0.15, 0.2) is 0 Å². The molecule has 1 aromatic carbocycles. The minimum Gasteiger partial charge on any atom is -0.496 e. The third kappa shape index (κ3) is 6.57. The van der Waals surface area contributed by atoms with E-state index in [1.165, 1.54) is 4.90 Å². The molecule has 0 spiro atoms. The van der Waals surface area contributed by atoms with Gasteiger partial charge in [0, 0.05) is 37.8 Å². The highest BCUT2D eigenvalue weighted by molar-refractivity contribution is 5.85. The van der Waals surface area contributed by atoms with E-state index in [0.29, 0.717) is 13.1 Å². The van der Waals surface area contributed by atoms with Crippen molar-refractivity contribution >= 4 is 24.8 Å². The molecule has 2 rings (SSSR count). The summed E-state index contributed by atoms with van der Waals surface area (Å²) in [4.78, 5) is 1.22. The molecule has 1 atom stereocenters. The van der Waals surface area contributed by atoms with Gasteiger partial charge in [-0.3, -0.25) is 4.90 Å². The Morgan fingerprint density at radius 1 is 1.04 bits per heavy atom. The van der Waals surface area contributed by atoms with Crippen LogP contribution in [0.15, 0.2) is 18.2 Å². The summed E-state index contributed by atoms with van der Waals surface area (Å²) in [7, 11) is 1.10. The zero-order valence-corrected chi connectivity index (χ0v) is 15.1. The Bertz CT molecular complexity index is 565.